The number of carbonyl (C=O) groups is 2. The van der Waals surface area contributed by atoms with Gasteiger partial charge in [-0.3, -0.25) is 9.59 Å². The summed E-state index contributed by atoms with van der Waals surface area (Å²) in [6, 6.07) is 26.4. The smallest absolute Gasteiger partial charge is 0.267 e. The molecule has 38 heavy (non-hydrogen) atoms. The summed E-state index contributed by atoms with van der Waals surface area (Å²) in [4.78, 5) is 27.6. The zero-order valence-electron chi connectivity index (χ0n) is 21.4. The number of nitrogens with zero attached hydrogens (tertiary/aromatic N) is 2. The molecule has 0 spiro atoms. The Labute approximate surface area is 231 Å². The summed E-state index contributed by atoms with van der Waals surface area (Å²) in [5, 5.41) is 10.6. The van der Waals surface area contributed by atoms with Crippen LogP contribution in [0.5, 0.6) is 0 Å². The number of benzene rings is 3. The number of carbonyl (C=O) groups excluding carboxylic acids is 2. The third-order valence-electron chi connectivity index (χ3n) is 5.85. The summed E-state index contributed by atoms with van der Waals surface area (Å²) in [6.45, 7) is 1.43. The van der Waals surface area contributed by atoms with Gasteiger partial charge >= 0.3 is 0 Å². The van der Waals surface area contributed by atoms with Crippen molar-refractivity contribution >= 4 is 33.8 Å². The van der Waals surface area contributed by atoms with Gasteiger partial charge in [0.1, 0.15) is 11.4 Å². The summed E-state index contributed by atoms with van der Waals surface area (Å²) in [7, 11) is 4.14. The van der Waals surface area contributed by atoms with Crippen LogP contribution in [0.4, 0.5) is 0 Å². The fraction of sp³-hybridized carbons (Fsp3) is 0.167. The van der Waals surface area contributed by atoms with Crippen molar-refractivity contribution in [2.24, 2.45) is 0 Å². The monoisotopic (exact) mass is 572 g/mol. The molecule has 0 fully saturated rings. The first-order valence-corrected chi connectivity index (χ1v) is 13.3. The van der Waals surface area contributed by atoms with Crippen LogP contribution in [0.2, 0.25) is 0 Å². The molecule has 0 aliphatic rings. The van der Waals surface area contributed by atoms with Gasteiger partial charge in [0.15, 0.2) is 0 Å². The highest BCUT2D eigenvalue weighted by Gasteiger charge is 2.18. The van der Waals surface area contributed by atoms with Gasteiger partial charge in [-0.25, -0.2) is 4.68 Å². The van der Waals surface area contributed by atoms with Gasteiger partial charge in [-0.1, -0.05) is 64.5 Å². The zero-order valence-corrected chi connectivity index (χ0v) is 23.0. The highest BCUT2D eigenvalue weighted by Crippen LogP contribution is 2.27. The van der Waals surface area contributed by atoms with Crippen LogP contribution >= 0.6 is 15.9 Å². The molecule has 2 amide bonds. The minimum absolute atomic E-state index is 0.155. The van der Waals surface area contributed by atoms with E-state index >= 15 is 0 Å². The number of nitrogens with one attached hydrogen (secondary N) is 3. The van der Waals surface area contributed by atoms with Crippen LogP contribution < -0.4 is 15.5 Å². The number of aromatic nitrogens is 2. The van der Waals surface area contributed by atoms with Crippen molar-refractivity contribution in [3.8, 4) is 16.9 Å². The Kier molecular flexibility index (Phi) is 9.24. The van der Waals surface area contributed by atoms with Crippen LogP contribution in [0.3, 0.4) is 0 Å². The van der Waals surface area contributed by atoms with Crippen LogP contribution in [-0.4, -0.2) is 48.8 Å². The summed E-state index contributed by atoms with van der Waals surface area (Å²) < 4.78 is 2.73. The lowest BCUT2D eigenvalue weighted by Crippen LogP contribution is -3.05. The van der Waals surface area contributed by atoms with Gasteiger partial charge in [-0.2, -0.15) is 5.10 Å². The van der Waals surface area contributed by atoms with E-state index in [-0.39, 0.29) is 17.5 Å². The van der Waals surface area contributed by atoms with Crippen molar-refractivity contribution in [2.75, 3.05) is 27.2 Å². The van der Waals surface area contributed by atoms with Crippen molar-refractivity contribution in [2.45, 2.75) is 6.42 Å². The Hall–Kier alpha value is -4.01. The maximum Gasteiger partial charge on any atom is 0.267 e. The SMILES string of the molecule is C[NH+](C)CCCNC(=O)/C(=C\c1cn(-c2ccccc2)nc1-c1ccc(Br)cc1)NC(=O)c1ccccc1. The minimum atomic E-state index is -0.356. The van der Waals surface area contributed by atoms with Crippen LogP contribution in [0.25, 0.3) is 23.0 Å². The number of para-hydroxylation sites is 1. The molecular formula is C30H31BrN5O2+. The van der Waals surface area contributed by atoms with Gasteiger partial charge in [0.25, 0.3) is 11.8 Å². The van der Waals surface area contributed by atoms with Crippen LogP contribution in [0.1, 0.15) is 22.3 Å². The molecule has 0 unspecified atom stereocenters. The van der Waals surface area contributed by atoms with Crippen molar-refractivity contribution in [3.63, 3.8) is 0 Å². The average molecular weight is 574 g/mol. The van der Waals surface area contributed by atoms with Crippen LogP contribution in [0.15, 0.2) is 101 Å². The second-order valence-electron chi connectivity index (χ2n) is 9.16. The van der Waals surface area contributed by atoms with E-state index in [1.807, 2.05) is 66.9 Å². The van der Waals surface area contributed by atoms with Crippen LogP contribution in [-0.2, 0) is 4.79 Å². The van der Waals surface area contributed by atoms with Crippen molar-refractivity contribution in [1.82, 2.24) is 20.4 Å². The molecule has 0 saturated carbocycles. The molecule has 1 aromatic heterocycles. The van der Waals surface area contributed by atoms with Crippen molar-refractivity contribution in [1.29, 1.82) is 0 Å². The number of hydrogen-bond acceptors (Lipinski definition) is 3. The van der Waals surface area contributed by atoms with Gasteiger partial charge in [-0.15, -0.1) is 0 Å². The van der Waals surface area contributed by atoms with Gasteiger partial charge in [-0.05, 0) is 42.5 Å². The summed E-state index contributed by atoms with van der Waals surface area (Å²) in [5.41, 5.74) is 3.79. The molecule has 8 heteroatoms. The first-order chi connectivity index (χ1) is 18.4. The maximum atomic E-state index is 13.3. The first-order valence-electron chi connectivity index (χ1n) is 12.5. The molecule has 0 aliphatic carbocycles. The Bertz CT molecular complexity index is 1400. The van der Waals surface area contributed by atoms with E-state index in [9.17, 15) is 9.59 Å². The fourth-order valence-corrected chi connectivity index (χ4v) is 4.14. The van der Waals surface area contributed by atoms with E-state index < -0.39 is 0 Å². The standard InChI is InChI=1S/C30H30BrN5O2/c1-35(2)19-9-18-32-30(38)27(33-29(37)23-10-5-3-6-11-23)20-24-21-36(26-12-7-4-8-13-26)34-28(24)22-14-16-25(31)17-15-22/h3-8,10-17,20-21H,9,18-19H2,1-2H3,(H,32,38)(H,33,37)/p+1/b27-20+. The molecule has 0 aliphatic heterocycles. The molecule has 4 rings (SSSR count). The Balaban J connectivity index is 1.73. The maximum absolute atomic E-state index is 13.3. The summed E-state index contributed by atoms with van der Waals surface area (Å²) in [5.74, 6) is -0.706. The lowest BCUT2D eigenvalue weighted by Gasteiger charge is -2.12. The Morgan fingerprint density at radius 1 is 0.947 bits per heavy atom. The van der Waals surface area contributed by atoms with E-state index in [1.54, 1.807) is 35.0 Å². The number of rotatable bonds is 10. The zero-order chi connectivity index (χ0) is 26.9. The largest absolute Gasteiger partial charge is 0.351 e. The highest BCUT2D eigenvalue weighted by molar-refractivity contribution is 9.10. The molecule has 194 valence electrons. The van der Waals surface area contributed by atoms with Crippen molar-refractivity contribution in [3.05, 3.63) is 112 Å². The van der Waals surface area contributed by atoms with Gasteiger partial charge in [0.2, 0.25) is 0 Å². The van der Waals surface area contributed by atoms with E-state index in [4.69, 9.17) is 5.10 Å². The molecule has 0 bridgehead atoms. The lowest BCUT2D eigenvalue weighted by molar-refractivity contribution is -0.858. The van der Waals surface area contributed by atoms with Crippen LogP contribution in [0, 0.1) is 0 Å². The Morgan fingerprint density at radius 3 is 2.26 bits per heavy atom. The summed E-state index contributed by atoms with van der Waals surface area (Å²) in [6.07, 6.45) is 4.38. The van der Waals surface area contributed by atoms with Gasteiger partial charge in [0, 0.05) is 40.3 Å². The second-order valence-corrected chi connectivity index (χ2v) is 10.1. The molecule has 0 radical (unpaired) electrons. The molecule has 7 nitrogen and oxygen atoms in total. The van der Waals surface area contributed by atoms with E-state index in [0.717, 1.165) is 28.7 Å². The highest BCUT2D eigenvalue weighted by atomic mass is 79.9. The predicted octanol–water partition coefficient (Wildman–Crippen LogP) is 3.72. The molecule has 0 atom stereocenters. The topological polar surface area (TPSA) is 80.5 Å². The van der Waals surface area contributed by atoms with Crippen molar-refractivity contribution < 1.29 is 14.5 Å². The number of halogens is 1. The minimum Gasteiger partial charge on any atom is -0.351 e. The molecular weight excluding hydrogens is 542 g/mol. The third-order valence-corrected chi connectivity index (χ3v) is 6.38. The lowest BCUT2D eigenvalue weighted by atomic mass is 10.1. The number of amides is 2. The molecule has 3 N–H and O–H groups in total. The van der Waals surface area contributed by atoms with E-state index in [2.05, 4.69) is 40.7 Å². The van der Waals surface area contributed by atoms with Gasteiger partial charge < -0.3 is 15.5 Å². The first kappa shape index (κ1) is 27.0. The fourth-order valence-electron chi connectivity index (χ4n) is 3.88. The van der Waals surface area contributed by atoms with E-state index in [0.29, 0.717) is 23.4 Å². The second kappa shape index (κ2) is 13.0. The Morgan fingerprint density at radius 2 is 1.61 bits per heavy atom. The molecule has 1 heterocycles. The third kappa shape index (κ3) is 7.27. The summed E-state index contributed by atoms with van der Waals surface area (Å²) >= 11 is 3.49. The average Bonchev–Trinajstić information content (AvgIpc) is 3.35. The molecule has 0 saturated heterocycles. The molecule has 4 aromatic rings. The van der Waals surface area contributed by atoms with Gasteiger partial charge in [0.05, 0.1) is 26.3 Å². The van der Waals surface area contributed by atoms with E-state index in [1.165, 1.54) is 4.90 Å². The number of hydrogen-bond donors (Lipinski definition) is 3. The molecule has 3 aromatic carbocycles. The predicted molar refractivity (Wildman–Crippen MR) is 154 cm³/mol. The quantitative estimate of drug-likeness (QED) is 0.200. The number of quaternary nitrogens is 1. The normalized spacial score (nSPS) is 11.4.